The Hall–Kier alpha value is -2.14. The average Bonchev–Trinajstić information content (AvgIpc) is 2.92. The van der Waals surface area contributed by atoms with E-state index < -0.39 is 17.9 Å². The van der Waals surface area contributed by atoms with Crippen molar-refractivity contribution in [2.45, 2.75) is 12.0 Å². The Balaban J connectivity index is 2.14. The molecule has 2 atom stereocenters. The van der Waals surface area contributed by atoms with Crippen LogP contribution in [0.1, 0.15) is 32.8 Å². The number of aliphatic carboxylic acids is 1. The minimum atomic E-state index is -0.925. The predicted octanol–water partition coefficient (Wildman–Crippen LogP) is 2.40. The van der Waals surface area contributed by atoms with E-state index in [-0.39, 0.29) is 5.91 Å². The summed E-state index contributed by atoms with van der Waals surface area (Å²) in [6, 6.07) is 10.1. The number of carbonyl (C=O) groups excluding carboxylic acids is 1. The molecule has 1 aliphatic heterocycles. The van der Waals surface area contributed by atoms with Crippen molar-refractivity contribution in [2.24, 2.45) is 0 Å². The molecule has 2 N–H and O–H groups in total. The first-order valence-electron chi connectivity index (χ1n) is 5.84. The van der Waals surface area contributed by atoms with E-state index in [1.165, 1.54) is 11.3 Å². The summed E-state index contributed by atoms with van der Waals surface area (Å²) in [5, 5.41) is 14.2. The summed E-state index contributed by atoms with van der Waals surface area (Å²) < 4.78 is 0. The van der Waals surface area contributed by atoms with Gasteiger partial charge in [-0.05, 0) is 23.1 Å². The Kier molecular flexibility index (Phi) is 2.83. The van der Waals surface area contributed by atoms with Crippen LogP contribution in [0.5, 0.6) is 0 Å². The average molecular weight is 273 g/mol. The number of hydrogen-bond acceptors (Lipinski definition) is 3. The zero-order chi connectivity index (χ0) is 13.4. The van der Waals surface area contributed by atoms with Crippen molar-refractivity contribution < 1.29 is 14.7 Å². The third-order valence-electron chi connectivity index (χ3n) is 3.28. The minimum Gasteiger partial charge on any atom is -0.481 e. The zero-order valence-corrected chi connectivity index (χ0v) is 10.7. The lowest BCUT2D eigenvalue weighted by atomic mass is 9.83. The van der Waals surface area contributed by atoms with Gasteiger partial charge in [-0.3, -0.25) is 9.59 Å². The van der Waals surface area contributed by atoms with Gasteiger partial charge in [0.1, 0.15) is 5.92 Å². The molecule has 4 nitrogen and oxygen atoms in total. The molecule has 96 valence electrons. The summed E-state index contributed by atoms with van der Waals surface area (Å²) in [6.07, 6.45) is 0. The number of benzene rings is 1. The lowest BCUT2D eigenvalue weighted by Crippen LogP contribution is -2.40. The van der Waals surface area contributed by atoms with Crippen molar-refractivity contribution in [1.82, 2.24) is 5.32 Å². The minimum absolute atomic E-state index is 0.216. The maximum absolute atomic E-state index is 12.1. The monoisotopic (exact) mass is 273 g/mol. The van der Waals surface area contributed by atoms with Crippen LogP contribution >= 0.6 is 11.3 Å². The van der Waals surface area contributed by atoms with Crippen LogP contribution in [0.2, 0.25) is 0 Å². The molecule has 0 bridgehead atoms. The number of carboxylic acids is 1. The number of amides is 1. The molecule has 1 amide bonds. The van der Waals surface area contributed by atoms with Crippen molar-refractivity contribution in [2.75, 3.05) is 0 Å². The molecule has 1 aliphatic rings. The van der Waals surface area contributed by atoms with Crippen LogP contribution in [0.3, 0.4) is 0 Å². The number of rotatable bonds is 2. The van der Waals surface area contributed by atoms with E-state index in [1.54, 1.807) is 24.3 Å². The Morgan fingerprint density at radius 2 is 2.00 bits per heavy atom. The number of carbonyl (C=O) groups is 2. The molecular formula is C14H11NO3S. The van der Waals surface area contributed by atoms with Gasteiger partial charge in [0, 0.05) is 10.4 Å². The van der Waals surface area contributed by atoms with Crippen LogP contribution in [0.25, 0.3) is 0 Å². The quantitative estimate of drug-likeness (QED) is 0.883. The van der Waals surface area contributed by atoms with Crippen molar-refractivity contribution in [3.63, 3.8) is 0 Å². The first-order chi connectivity index (χ1) is 9.18. The smallest absolute Gasteiger partial charge is 0.313 e. The van der Waals surface area contributed by atoms with Crippen LogP contribution < -0.4 is 5.32 Å². The van der Waals surface area contributed by atoms with E-state index in [2.05, 4.69) is 5.32 Å². The molecule has 0 aliphatic carbocycles. The number of hydrogen-bond donors (Lipinski definition) is 2. The second-order valence-electron chi connectivity index (χ2n) is 4.37. The third-order valence-corrected chi connectivity index (χ3v) is 4.23. The first-order valence-corrected chi connectivity index (χ1v) is 6.72. The summed E-state index contributed by atoms with van der Waals surface area (Å²) in [5.74, 6) is -1.88. The van der Waals surface area contributed by atoms with Crippen LogP contribution in [-0.2, 0) is 4.79 Å². The largest absolute Gasteiger partial charge is 0.481 e. The molecule has 3 rings (SSSR count). The highest BCUT2D eigenvalue weighted by molar-refractivity contribution is 7.10. The Morgan fingerprint density at radius 1 is 1.21 bits per heavy atom. The highest BCUT2D eigenvalue weighted by Crippen LogP contribution is 2.38. The van der Waals surface area contributed by atoms with Crippen molar-refractivity contribution in [1.29, 1.82) is 0 Å². The predicted molar refractivity (Wildman–Crippen MR) is 71.3 cm³/mol. The molecule has 0 fully saturated rings. The molecule has 2 heterocycles. The fraction of sp³-hybridized carbons (Fsp3) is 0.143. The van der Waals surface area contributed by atoms with E-state index in [0.717, 1.165) is 4.88 Å². The highest BCUT2D eigenvalue weighted by atomic mass is 32.1. The summed E-state index contributed by atoms with van der Waals surface area (Å²) >= 11 is 1.45. The Bertz CT molecular complexity index is 636. The standard InChI is InChI=1S/C14H11NO3S/c16-13-9-5-2-1-4-8(9)11(14(17)18)12(15-13)10-6-3-7-19-10/h1-7,11-12H,(H,15,16)(H,17,18)/t11-,12-/m0/s1. The molecule has 0 saturated heterocycles. The summed E-state index contributed by atoms with van der Waals surface area (Å²) in [4.78, 5) is 24.5. The molecule has 2 aromatic rings. The molecule has 5 heteroatoms. The van der Waals surface area contributed by atoms with Crippen molar-refractivity contribution in [3.05, 3.63) is 57.8 Å². The van der Waals surface area contributed by atoms with Crippen molar-refractivity contribution >= 4 is 23.2 Å². The summed E-state index contributed by atoms with van der Waals surface area (Å²) in [6.45, 7) is 0. The van der Waals surface area contributed by atoms with Gasteiger partial charge in [-0.1, -0.05) is 24.3 Å². The zero-order valence-electron chi connectivity index (χ0n) is 9.87. The van der Waals surface area contributed by atoms with E-state index in [1.807, 2.05) is 17.5 Å². The summed E-state index contributed by atoms with van der Waals surface area (Å²) in [5.41, 5.74) is 1.03. The number of carboxylic acid groups (broad SMARTS) is 1. The Labute approximate surface area is 113 Å². The van der Waals surface area contributed by atoms with Crippen molar-refractivity contribution in [3.8, 4) is 0 Å². The lowest BCUT2D eigenvalue weighted by molar-refractivity contribution is -0.139. The second kappa shape index (κ2) is 4.51. The van der Waals surface area contributed by atoms with E-state index in [9.17, 15) is 14.7 Å². The van der Waals surface area contributed by atoms with Crippen LogP contribution in [0.4, 0.5) is 0 Å². The third kappa shape index (κ3) is 1.92. The first kappa shape index (κ1) is 11.9. The molecular weight excluding hydrogens is 262 g/mol. The summed E-state index contributed by atoms with van der Waals surface area (Å²) in [7, 11) is 0. The van der Waals surface area contributed by atoms with Crippen LogP contribution in [0.15, 0.2) is 41.8 Å². The Morgan fingerprint density at radius 3 is 2.68 bits per heavy atom. The van der Waals surface area contributed by atoms with E-state index in [4.69, 9.17) is 0 Å². The SMILES string of the molecule is O=C1N[C@@H](c2cccs2)[C@@H](C(=O)O)c2ccccc21. The maximum atomic E-state index is 12.1. The molecule has 0 unspecified atom stereocenters. The molecule has 19 heavy (non-hydrogen) atoms. The number of nitrogens with one attached hydrogen (secondary N) is 1. The van der Waals surface area contributed by atoms with Gasteiger partial charge in [-0.15, -0.1) is 11.3 Å². The van der Waals surface area contributed by atoms with Gasteiger partial charge in [-0.2, -0.15) is 0 Å². The molecule has 0 spiro atoms. The maximum Gasteiger partial charge on any atom is 0.313 e. The van der Waals surface area contributed by atoms with Crippen LogP contribution in [-0.4, -0.2) is 17.0 Å². The van der Waals surface area contributed by atoms with Gasteiger partial charge in [-0.25, -0.2) is 0 Å². The van der Waals surface area contributed by atoms with Gasteiger partial charge in [0.15, 0.2) is 0 Å². The van der Waals surface area contributed by atoms with Gasteiger partial charge in [0.25, 0.3) is 5.91 Å². The van der Waals surface area contributed by atoms with Crippen LogP contribution in [0, 0.1) is 0 Å². The molecule has 0 radical (unpaired) electrons. The highest BCUT2D eigenvalue weighted by Gasteiger charge is 2.39. The fourth-order valence-electron chi connectivity index (χ4n) is 2.44. The van der Waals surface area contributed by atoms with E-state index in [0.29, 0.717) is 11.1 Å². The lowest BCUT2D eigenvalue weighted by Gasteiger charge is -2.30. The fourth-order valence-corrected chi connectivity index (χ4v) is 3.25. The number of thiophene rings is 1. The van der Waals surface area contributed by atoms with E-state index >= 15 is 0 Å². The van der Waals surface area contributed by atoms with Gasteiger partial charge in [0.2, 0.25) is 0 Å². The molecule has 1 aromatic heterocycles. The van der Waals surface area contributed by atoms with Gasteiger partial charge < -0.3 is 10.4 Å². The topological polar surface area (TPSA) is 66.4 Å². The molecule has 1 aromatic carbocycles. The van der Waals surface area contributed by atoms with Gasteiger partial charge in [0.05, 0.1) is 6.04 Å². The second-order valence-corrected chi connectivity index (χ2v) is 5.35. The number of fused-ring (bicyclic) bond motifs is 1. The normalized spacial score (nSPS) is 21.6. The van der Waals surface area contributed by atoms with Gasteiger partial charge >= 0.3 is 5.97 Å². The molecule has 0 saturated carbocycles.